The first-order valence-corrected chi connectivity index (χ1v) is 9.40. The first kappa shape index (κ1) is 18.7. The van der Waals surface area contributed by atoms with E-state index >= 15 is 0 Å². The van der Waals surface area contributed by atoms with Crippen LogP contribution < -0.4 is 5.32 Å². The van der Waals surface area contributed by atoms with Crippen molar-refractivity contribution in [1.82, 2.24) is 10.1 Å². The Balaban J connectivity index is 1.52. The van der Waals surface area contributed by atoms with Crippen LogP contribution in [0.1, 0.15) is 32.0 Å². The lowest BCUT2D eigenvalue weighted by Gasteiger charge is -2.23. The standard InChI is InChI=1S/C17H18ClN3O4S/c1-9(2)5-14-20-15(25-21-14)8-24-16(22)7-13-17(23)19-11-6-10(18)3-4-12(11)26-13/h3-4,6,9,13H,5,7-8H2,1-2H3,(H,19,23). The Hall–Kier alpha value is -2.06. The molecule has 1 amide bonds. The Labute approximate surface area is 159 Å². The minimum Gasteiger partial charge on any atom is -0.456 e. The molecule has 1 N–H and O–H groups in total. The summed E-state index contributed by atoms with van der Waals surface area (Å²) in [5, 5.41) is 6.58. The quantitative estimate of drug-likeness (QED) is 0.748. The summed E-state index contributed by atoms with van der Waals surface area (Å²) in [5.74, 6) is 0.485. The third kappa shape index (κ3) is 4.76. The Morgan fingerprint density at radius 3 is 3.04 bits per heavy atom. The second-order valence-electron chi connectivity index (χ2n) is 6.30. The number of amides is 1. The number of hydrogen-bond acceptors (Lipinski definition) is 7. The molecule has 0 saturated carbocycles. The van der Waals surface area contributed by atoms with Crippen LogP contribution in [0, 0.1) is 5.92 Å². The van der Waals surface area contributed by atoms with Gasteiger partial charge >= 0.3 is 5.97 Å². The summed E-state index contributed by atoms with van der Waals surface area (Å²) in [7, 11) is 0. The predicted octanol–water partition coefficient (Wildman–Crippen LogP) is 3.47. The van der Waals surface area contributed by atoms with E-state index < -0.39 is 11.2 Å². The van der Waals surface area contributed by atoms with Crippen LogP contribution in [0.3, 0.4) is 0 Å². The van der Waals surface area contributed by atoms with Gasteiger partial charge < -0.3 is 14.6 Å². The summed E-state index contributed by atoms with van der Waals surface area (Å²) in [6, 6.07) is 5.24. The molecule has 0 bridgehead atoms. The number of carbonyl (C=O) groups is 2. The molecule has 0 saturated heterocycles. The zero-order valence-corrected chi connectivity index (χ0v) is 15.9. The van der Waals surface area contributed by atoms with Crippen molar-refractivity contribution in [3.63, 3.8) is 0 Å². The van der Waals surface area contributed by atoms with E-state index in [1.165, 1.54) is 11.8 Å². The van der Waals surface area contributed by atoms with Gasteiger partial charge in [-0.15, -0.1) is 11.8 Å². The van der Waals surface area contributed by atoms with E-state index in [1.54, 1.807) is 12.1 Å². The van der Waals surface area contributed by atoms with Gasteiger partial charge in [-0.05, 0) is 24.1 Å². The highest BCUT2D eigenvalue weighted by Crippen LogP contribution is 2.38. The topological polar surface area (TPSA) is 94.3 Å². The minimum absolute atomic E-state index is 0.0500. The van der Waals surface area contributed by atoms with Crippen LogP contribution in [-0.4, -0.2) is 27.3 Å². The molecule has 1 atom stereocenters. The first-order valence-electron chi connectivity index (χ1n) is 8.15. The number of nitrogens with one attached hydrogen (secondary N) is 1. The molecule has 1 aromatic carbocycles. The van der Waals surface area contributed by atoms with Crippen molar-refractivity contribution in [2.24, 2.45) is 5.92 Å². The number of ether oxygens (including phenoxy) is 1. The number of rotatable bonds is 6. The molecule has 1 aromatic heterocycles. The molecule has 1 unspecified atom stereocenters. The second kappa shape index (κ2) is 8.09. The van der Waals surface area contributed by atoms with Crippen LogP contribution in [-0.2, 0) is 27.4 Å². The summed E-state index contributed by atoms with van der Waals surface area (Å²) in [6.45, 7) is 4.00. The van der Waals surface area contributed by atoms with E-state index in [2.05, 4.69) is 29.3 Å². The van der Waals surface area contributed by atoms with E-state index in [9.17, 15) is 9.59 Å². The second-order valence-corrected chi connectivity index (χ2v) is 7.98. The van der Waals surface area contributed by atoms with Crippen molar-refractivity contribution in [2.45, 2.75) is 43.4 Å². The summed E-state index contributed by atoms with van der Waals surface area (Å²) in [5.41, 5.74) is 0.653. The highest BCUT2D eigenvalue weighted by atomic mass is 35.5. The smallest absolute Gasteiger partial charge is 0.307 e. The molecule has 2 heterocycles. The third-order valence-corrected chi connectivity index (χ3v) is 5.08. The number of halogens is 1. The lowest BCUT2D eigenvalue weighted by atomic mass is 10.1. The largest absolute Gasteiger partial charge is 0.456 e. The normalized spacial score (nSPS) is 16.3. The average Bonchev–Trinajstić information content (AvgIpc) is 3.00. The minimum atomic E-state index is -0.560. The predicted molar refractivity (Wildman–Crippen MR) is 97.0 cm³/mol. The van der Waals surface area contributed by atoms with Gasteiger partial charge in [-0.3, -0.25) is 9.59 Å². The molecule has 2 aromatic rings. The number of hydrogen-bond donors (Lipinski definition) is 1. The van der Waals surface area contributed by atoms with E-state index in [0.717, 1.165) is 4.90 Å². The van der Waals surface area contributed by atoms with Gasteiger partial charge in [0.1, 0.15) is 0 Å². The Kier molecular flexibility index (Phi) is 5.83. The summed E-state index contributed by atoms with van der Waals surface area (Å²) < 4.78 is 10.2. The molecular formula is C17H18ClN3O4S. The van der Waals surface area contributed by atoms with Gasteiger partial charge in [0, 0.05) is 16.3 Å². The summed E-state index contributed by atoms with van der Waals surface area (Å²) in [4.78, 5) is 29.2. The van der Waals surface area contributed by atoms with Gasteiger partial charge in [-0.2, -0.15) is 4.98 Å². The highest BCUT2D eigenvalue weighted by molar-refractivity contribution is 8.01. The Morgan fingerprint density at radius 2 is 2.27 bits per heavy atom. The molecule has 0 spiro atoms. The molecule has 9 heteroatoms. The van der Waals surface area contributed by atoms with Crippen molar-refractivity contribution in [3.8, 4) is 0 Å². The fraction of sp³-hybridized carbons (Fsp3) is 0.412. The van der Waals surface area contributed by atoms with E-state index in [4.69, 9.17) is 20.9 Å². The van der Waals surface area contributed by atoms with Crippen LogP contribution >= 0.6 is 23.4 Å². The summed E-state index contributed by atoms with van der Waals surface area (Å²) >= 11 is 7.23. The number of benzene rings is 1. The summed E-state index contributed by atoms with van der Waals surface area (Å²) in [6.07, 6.45) is 0.644. The fourth-order valence-corrected chi connectivity index (χ4v) is 3.65. The third-order valence-electron chi connectivity index (χ3n) is 3.57. The lowest BCUT2D eigenvalue weighted by Crippen LogP contribution is -2.31. The van der Waals surface area contributed by atoms with Crippen molar-refractivity contribution >= 4 is 40.9 Å². The van der Waals surface area contributed by atoms with Crippen LogP contribution in [0.15, 0.2) is 27.6 Å². The lowest BCUT2D eigenvalue weighted by molar-refractivity contribution is -0.146. The number of carbonyl (C=O) groups excluding carboxylic acids is 2. The monoisotopic (exact) mass is 395 g/mol. The van der Waals surface area contributed by atoms with Crippen molar-refractivity contribution in [1.29, 1.82) is 0 Å². The molecule has 0 aliphatic carbocycles. The highest BCUT2D eigenvalue weighted by Gasteiger charge is 2.29. The SMILES string of the molecule is CC(C)Cc1noc(COC(=O)CC2Sc3ccc(Cl)cc3NC2=O)n1. The van der Waals surface area contributed by atoms with Gasteiger partial charge in [-0.1, -0.05) is 30.6 Å². The number of esters is 1. The van der Waals surface area contributed by atoms with Crippen molar-refractivity contribution in [2.75, 3.05) is 5.32 Å². The molecular weight excluding hydrogens is 378 g/mol. The molecule has 3 rings (SSSR count). The molecule has 7 nitrogen and oxygen atoms in total. The Bertz CT molecular complexity index is 824. The van der Waals surface area contributed by atoms with Gasteiger partial charge in [0.2, 0.25) is 5.91 Å². The molecule has 0 fully saturated rings. The molecule has 138 valence electrons. The first-order chi connectivity index (χ1) is 12.4. The zero-order valence-electron chi connectivity index (χ0n) is 14.3. The number of anilines is 1. The molecule has 26 heavy (non-hydrogen) atoms. The molecule has 1 aliphatic heterocycles. The molecule has 1 aliphatic rings. The van der Waals surface area contributed by atoms with E-state index in [-0.39, 0.29) is 24.8 Å². The number of nitrogens with zero attached hydrogens (tertiary/aromatic N) is 2. The fourth-order valence-electron chi connectivity index (χ4n) is 2.41. The van der Waals surface area contributed by atoms with Crippen LogP contribution in [0.25, 0.3) is 0 Å². The average molecular weight is 396 g/mol. The van der Waals surface area contributed by atoms with Crippen molar-refractivity contribution in [3.05, 3.63) is 34.9 Å². The maximum absolute atomic E-state index is 12.2. The van der Waals surface area contributed by atoms with Gasteiger partial charge in [-0.25, -0.2) is 0 Å². The number of thioether (sulfide) groups is 1. The number of fused-ring (bicyclic) bond motifs is 1. The molecule has 0 radical (unpaired) electrons. The van der Waals surface area contributed by atoms with Crippen LogP contribution in [0.4, 0.5) is 5.69 Å². The Morgan fingerprint density at radius 1 is 1.46 bits per heavy atom. The van der Waals surface area contributed by atoms with Gasteiger partial charge in [0.05, 0.1) is 17.4 Å². The maximum atomic E-state index is 12.2. The maximum Gasteiger partial charge on any atom is 0.307 e. The van der Waals surface area contributed by atoms with Crippen molar-refractivity contribution < 1.29 is 18.8 Å². The van der Waals surface area contributed by atoms with Gasteiger partial charge in [0.25, 0.3) is 5.89 Å². The van der Waals surface area contributed by atoms with E-state index in [0.29, 0.717) is 28.9 Å². The van der Waals surface area contributed by atoms with Crippen LogP contribution in [0.2, 0.25) is 5.02 Å². The van der Waals surface area contributed by atoms with Crippen LogP contribution in [0.5, 0.6) is 0 Å². The van der Waals surface area contributed by atoms with E-state index in [1.807, 2.05) is 6.07 Å². The number of aromatic nitrogens is 2. The van der Waals surface area contributed by atoms with Gasteiger partial charge in [0.15, 0.2) is 12.4 Å². The zero-order chi connectivity index (χ0) is 18.7.